The summed E-state index contributed by atoms with van der Waals surface area (Å²) in [5.41, 5.74) is 2.36. The zero-order chi connectivity index (χ0) is 13.3. The molecule has 0 saturated carbocycles. The van der Waals surface area contributed by atoms with Crippen LogP contribution in [0.2, 0.25) is 10.0 Å². The number of thiophene rings is 1. The monoisotopic (exact) mass is 299 g/mol. The molecule has 1 heterocycles. The normalized spacial score (nSPS) is 12.7. The zero-order valence-corrected chi connectivity index (χ0v) is 12.9. The van der Waals surface area contributed by atoms with Crippen LogP contribution in [0.5, 0.6) is 0 Å². The minimum Gasteiger partial charge on any atom is -0.309 e. The van der Waals surface area contributed by atoms with E-state index in [9.17, 15) is 0 Å². The van der Waals surface area contributed by atoms with Crippen LogP contribution in [0.15, 0.2) is 24.3 Å². The molecule has 1 aromatic carbocycles. The molecule has 0 aliphatic heterocycles. The summed E-state index contributed by atoms with van der Waals surface area (Å²) in [7, 11) is 1.95. The van der Waals surface area contributed by atoms with Gasteiger partial charge in [0, 0.05) is 19.8 Å². The summed E-state index contributed by atoms with van der Waals surface area (Å²) in [6, 6.07) is 7.98. The summed E-state index contributed by atoms with van der Waals surface area (Å²) in [5, 5.41) is 4.70. The first-order valence-corrected chi connectivity index (χ1v) is 7.29. The molecule has 0 aliphatic carbocycles. The maximum Gasteiger partial charge on any atom is 0.0685 e. The molecule has 0 aliphatic rings. The Kier molecular flexibility index (Phi) is 4.33. The summed E-state index contributed by atoms with van der Waals surface area (Å²) in [4.78, 5) is 2.62. The lowest BCUT2D eigenvalue weighted by Gasteiger charge is -2.18. The van der Waals surface area contributed by atoms with Crippen molar-refractivity contribution in [2.75, 3.05) is 7.05 Å². The summed E-state index contributed by atoms with van der Waals surface area (Å²) in [5.74, 6) is 0. The highest BCUT2D eigenvalue weighted by Gasteiger charge is 2.19. The van der Waals surface area contributed by atoms with Gasteiger partial charge in [-0.25, -0.2) is 0 Å². The van der Waals surface area contributed by atoms with E-state index in [1.807, 2.05) is 19.2 Å². The van der Waals surface area contributed by atoms with Crippen LogP contribution in [0.25, 0.3) is 0 Å². The van der Waals surface area contributed by atoms with Crippen molar-refractivity contribution in [1.82, 2.24) is 5.32 Å². The van der Waals surface area contributed by atoms with Crippen molar-refractivity contribution in [2.24, 2.45) is 0 Å². The van der Waals surface area contributed by atoms with Gasteiger partial charge in [0.1, 0.15) is 0 Å². The second-order valence-corrected chi connectivity index (χ2v) is 6.42. The molecule has 96 valence electrons. The number of aryl methyl sites for hydroxylation is 2. The van der Waals surface area contributed by atoms with Crippen molar-refractivity contribution >= 4 is 34.5 Å². The van der Waals surface area contributed by atoms with Gasteiger partial charge in [-0.05, 0) is 50.2 Å². The van der Waals surface area contributed by atoms with Gasteiger partial charge in [0.05, 0.1) is 6.04 Å². The lowest BCUT2D eigenvalue weighted by atomic mass is 10.0. The Hall–Kier alpha value is -0.540. The highest BCUT2D eigenvalue weighted by atomic mass is 35.5. The number of rotatable bonds is 3. The molecule has 0 bridgehead atoms. The number of benzene rings is 1. The minimum absolute atomic E-state index is 0.119. The Morgan fingerprint density at radius 1 is 1.17 bits per heavy atom. The molecule has 0 spiro atoms. The van der Waals surface area contributed by atoms with Gasteiger partial charge in [-0.15, -0.1) is 11.3 Å². The van der Waals surface area contributed by atoms with Crippen molar-refractivity contribution in [3.05, 3.63) is 55.2 Å². The summed E-state index contributed by atoms with van der Waals surface area (Å²) in [6.07, 6.45) is 0. The van der Waals surface area contributed by atoms with E-state index in [0.717, 1.165) is 5.56 Å². The lowest BCUT2D eigenvalue weighted by molar-refractivity contribution is 0.700. The molecule has 18 heavy (non-hydrogen) atoms. The maximum absolute atomic E-state index is 6.29. The SMILES string of the molecule is CNC(c1ccc(Cl)cc1Cl)c1sc(C)cc1C. The van der Waals surface area contributed by atoms with E-state index in [1.54, 1.807) is 17.4 Å². The molecule has 4 heteroatoms. The van der Waals surface area contributed by atoms with Crippen LogP contribution in [-0.4, -0.2) is 7.05 Å². The van der Waals surface area contributed by atoms with Crippen LogP contribution in [-0.2, 0) is 0 Å². The molecule has 2 aromatic rings. The first-order chi connectivity index (χ1) is 8.52. The van der Waals surface area contributed by atoms with E-state index in [4.69, 9.17) is 23.2 Å². The minimum atomic E-state index is 0.119. The van der Waals surface area contributed by atoms with Gasteiger partial charge in [-0.2, -0.15) is 0 Å². The first-order valence-electron chi connectivity index (χ1n) is 5.72. The second kappa shape index (κ2) is 5.62. The van der Waals surface area contributed by atoms with Crippen LogP contribution in [0.4, 0.5) is 0 Å². The van der Waals surface area contributed by atoms with E-state index < -0.39 is 0 Å². The average molecular weight is 300 g/mol. The molecule has 0 radical (unpaired) electrons. The molecule has 1 nitrogen and oxygen atoms in total. The molecule has 1 N–H and O–H groups in total. The van der Waals surface area contributed by atoms with Crippen molar-refractivity contribution in [1.29, 1.82) is 0 Å². The third-order valence-electron chi connectivity index (χ3n) is 2.90. The maximum atomic E-state index is 6.29. The van der Waals surface area contributed by atoms with Gasteiger partial charge in [0.25, 0.3) is 0 Å². The second-order valence-electron chi connectivity index (χ2n) is 4.29. The number of hydrogen-bond acceptors (Lipinski definition) is 2. The molecule has 1 aromatic heterocycles. The molecule has 0 amide bonds. The van der Waals surface area contributed by atoms with Crippen molar-refractivity contribution in [3.8, 4) is 0 Å². The largest absolute Gasteiger partial charge is 0.309 e. The average Bonchev–Trinajstić information content (AvgIpc) is 2.62. The van der Waals surface area contributed by atoms with Gasteiger partial charge in [0.2, 0.25) is 0 Å². The van der Waals surface area contributed by atoms with E-state index in [1.165, 1.54) is 15.3 Å². The fourth-order valence-corrected chi connectivity index (χ4v) is 3.79. The van der Waals surface area contributed by atoms with E-state index >= 15 is 0 Å². The van der Waals surface area contributed by atoms with Crippen molar-refractivity contribution in [2.45, 2.75) is 19.9 Å². The highest BCUT2D eigenvalue weighted by molar-refractivity contribution is 7.12. The van der Waals surface area contributed by atoms with E-state index in [-0.39, 0.29) is 6.04 Å². The smallest absolute Gasteiger partial charge is 0.0685 e. The lowest BCUT2D eigenvalue weighted by Crippen LogP contribution is -2.17. The Bertz CT molecular complexity index is 563. The zero-order valence-electron chi connectivity index (χ0n) is 10.6. The first kappa shape index (κ1) is 13.9. The molecule has 0 saturated heterocycles. The molecule has 1 atom stereocenters. The Morgan fingerprint density at radius 2 is 1.89 bits per heavy atom. The molecular formula is C14H15Cl2NS. The summed E-state index contributed by atoms with van der Waals surface area (Å²) in [6.45, 7) is 4.25. The number of halogens is 2. The fraction of sp³-hybridized carbons (Fsp3) is 0.286. The van der Waals surface area contributed by atoms with Gasteiger partial charge in [-0.1, -0.05) is 29.3 Å². The van der Waals surface area contributed by atoms with E-state index in [0.29, 0.717) is 10.0 Å². The standard InChI is InChI=1S/C14H15Cl2NS/c1-8-6-9(2)18-14(8)13(17-3)11-5-4-10(15)7-12(11)16/h4-7,13,17H,1-3H3. The van der Waals surface area contributed by atoms with Gasteiger partial charge in [0.15, 0.2) is 0 Å². The molecule has 0 fully saturated rings. The Balaban J connectivity index is 2.48. The van der Waals surface area contributed by atoms with E-state index in [2.05, 4.69) is 25.2 Å². The van der Waals surface area contributed by atoms with Gasteiger partial charge < -0.3 is 5.32 Å². The van der Waals surface area contributed by atoms with Crippen molar-refractivity contribution < 1.29 is 0 Å². The third kappa shape index (κ3) is 2.72. The van der Waals surface area contributed by atoms with Gasteiger partial charge in [-0.3, -0.25) is 0 Å². The fourth-order valence-electron chi connectivity index (χ4n) is 2.11. The van der Waals surface area contributed by atoms with Gasteiger partial charge >= 0.3 is 0 Å². The highest BCUT2D eigenvalue weighted by Crippen LogP contribution is 2.35. The molecular weight excluding hydrogens is 285 g/mol. The predicted octanol–water partition coefficient (Wildman–Crippen LogP) is 4.98. The topological polar surface area (TPSA) is 12.0 Å². The summed E-state index contributed by atoms with van der Waals surface area (Å²) >= 11 is 14.0. The number of hydrogen-bond donors (Lipinski definition) is 1. The van der Waals surface area contributed by atoms with Crippen LogP contribution >= 0.6 is 34.5 Å². The van der Waals surface area contributed by atoms with Crippen LogP contribution in [0.1, 0.15) is 26.9 Å². The molecule has 2 rings (SSSR count). The Labute approximate surface area is 122 Å². The quantitative estimate of drug-likeness (QED) is 0.843. The molecule has 1 unspecified atom stereocenters. The Morgan fingerprint density at radius 3 is 2.39 bits per heavy atom. The van der Waals surface area contributed by atoms with Crippen molar-refractivity contribution in [3.63, 3.8) is 0 Å². The van der Waals surface area contributed by atoms with Crippen LogP contribution in [0.3, 0.4) is 0 Å². The van der Waals surface area contributed by atoms with Crippen LogP contribution < -0.4 is 5.32 Å². The predicted molar refractivity (Wildman–Crippen MR) is 81.2 cm³/mol. The summed E-state index contributed by atoms with van der Waals surface area (Å²) < 4.78 is 0. The van der Waals surface area contributed by atoms with Crippen LogP contribution in [0, 0.1) is 13.8 Å². The number of nitrogens with one attached hydrogen (secondary N) is 1. The third-order valence-corrected chi connectivity index (χ3v) is 4.68.